The lowest BCUT2D eigenvalue weighted by Gasteiger charge is -2.11. The fourth-order valence-electron chi connectivity index (χ4n) is 1.31. The number of nitrogens with zero attached hydrogens (tertiary/aromatic N) is 4. The Balaban J connectivity index is 1.95. The molecule has 0 radical (unpaired) electrons. The van der Waals surface area contributed by atoms with Gasteiger partial charge in [-0.15, -0.1) is 5.10 Å². The van der Waals surface area contributed by atoms with Crippen LogP contribution in [0.4, 0.5) is 4.79 Å². The van der Waals surface area contributed by atoms with Crippen molar-refractivity contribution in [1.82, 2.24) is 19.9 Å². The van der Waals surface area contributed by atoms with E-state index >= 15 is 0 Å². The first-order valence-corrected chi connectivity index (χ1v) is 5.67. The maximum Gasteiger partial charge on any atom is 0.358 e. The van der Waals surface area contributed by atoms with Crippen LogP contribution in [-0.2, 0) is 11.3 Å². The molecule has 90 valence electrons. The smallest absolute Gasteiger partial charge is 0.358 e. The normalized spacial score (nSPS) is 15.6. The highest BCUT2D eigenvalue weighted by Crippen LogP contribution is 2.18. The monoisotopic (exact) mass is 256 g/mol. The summed E-state index contributed by atoms with van der Waals surface area (Å²) in [6.07, 6.45) is 1.25. The topological polar surface area (TPSA) is 105 Å². The summed E-state index contributed by atoms with van der Waals surface area (Å²) in [6, 6.07) is 0. The summed E-state index contributed by atoms with van der Waals surface area (Å²) in [7, 11) is 0. The van der Waals surface area contributed by atoms with Crippen LogP contribution >= 0.6 is 11.8 Å². The molecule has 0 saturated carbocycles. The summed E-state index contributed by atoms with van der Waals surface area (Å²) in [6.45, 7) is 0.408. The van der Waals surface area contributed by atoms with E-state index in [1.807, 2.05) is 0 Å². The maximum absolute atomic E-state index is 11.3. The Morgan fingerprint density at radius 1 is 1.47 bits per heavy atom. The van der Waals surface area contributed by atoms with Crippen LogP contribution in [0.1, 0.15) is 10.5 Å². The standard InChI is InChI=1S/C8H8N4O4S/c13-6-4-17-8(16)12(6)2-1-11-3-5(7(14)15)9-10-11/h3H,1-2,4H2,(H,14,15). The molecule has 1 aromatic heterocycles. The summed E-state index contributed by atoms with van der Waals surface area (Å²) < 4.78 is 1.28. The van der Waals surface area contributed by atoms with Crippen molar-refractivity contribution in [3.05, 3.63) is 11.9 Å². The molecule has 0 atom stereocenters. The van der Waals surface area contributed by atoms with Crippen LogP contribution < -0.4 is 0 Å². The molecule has 9 heteroatoms. The molecule has 1 aliphatic heterocycles. The zero-order valence-electron chi connectivity index (χ0n) is 8.57. The van der Waals surface area contributed by atoms with E-state index in [0.717, 1.165) is 16.7 Å². The van der Waals surface area contributed by atoms with Crippen molar-refractivity contribution < 1.29 is 19.5 Å². The Morgan fingerprint density at radius 3 is 2.76 bits per heavy atom. The van der Waals surface area contributed by atoms with E-state index in [4.69, 9.17) is 5.11 Å². The fourth-order valence-corrected chi connectivity index (χ4v) is 2.06. The van der Waals surface area contributed by atoms with Crippen molar-refractivity contribution in [1.29, 1.82) is 0 Å². The van der Waals surface area contributed by atoms with E-state index in [1.165, 1.54) is 10.9 Å². The number of aromatic carboxylic acids is 1. The number of imide groups is 1. The van der Waals surface area contributed by atoms with Gasteiger partial charge in [-0.3, -0.25) is 14.5 Å². The van der Waals surface area contributed by atoms with E-state index in [9.17, 15) is 14.4 Å². The van der Waals surface area contributed by atoms with E-state index in [1.54, 1.807) is 0 Å². The maximum atomic E-state index is 11.3. The van der Waals surface area contributed by atoms with Crippen LogP contribution in [-0.4, -0.2) is 54.4 Å². The molecule has 2 heterocycles. The Bertz CT molecular complexity index is 470. The number of carboxylic acid groups (broad SMARTS) is 1. The molecule has 2 rings (SSSR count). The second-order valence-corrected chi connectivity index (χ2v) is 4.20. The second-order valence-electron chi connectivity index (χ2n) is 3.27. The molecule has 17 heavy (non-hydrogen) atoms. The van der Waals surface area contributed by atoms with Crippen molar-refractivity contribution >= 4 is 28.9 Å². The van der Waals surface area contributed by atoms with Gasteiger partial charge < -0.3 is 5.11 Å². The molecule has 1 N–H and O–H groups in total. The van der Waals surface area contributed by atoms with E-state index in [2.05, 4.69) is 10.3 Å². The number of carboxylic acids is 1. The van der Waals surface area contributed by atoms with Gasteiger partial charge in [0.1, 0.15) is 0 Å². The van der Waals surface area contributed by atoms with Gasteiger partial charge in [-0.05, 0) is 0 Å². The highest BCUT2D eigenvalue weighted by molar-refractivity contribution is 8.14. The van der Waals surface area contributed by atoms with Gasteiger partial charge in [-0.1, -0.05) is 17.0 Å². The Labute approximate surface area is 99.6 Å². The average Bonchev–Trinajstić information content (AvgIpc) is 2.85. The van der Waals surface area contributed by atoms with Gasteiger partial charge >= 0.3 is 5.97 Å². The van der Waals surface area contributed by atoms with Crippen LogP contribution in [0.2, 0.25) is 0 Å². The van der Waals surface area contributed by atoms with Crippen LogP contribution in [0, 0.1) is 0 Å². The number of hydrogen-bond donors (Lipinski definition) is 1. The van der Waals surface area contributed by atoms with Crippen molar-refractivity contribution in [2.45, 2.75) is 6.54 Å². The largest absolute Gasteiger partial charge is 0.476 e. The van der Waals surface area contributed by atoms with Crippen molar-refractivity contribution in [2.24, 2.45) is 0 Å². The van der Waals surface area contributed by atoms with E-state index < -0.39 is 5.97 Å². The third-order valence-corrected chi connectivity index (χ3v) is 3.01. The zero-order chi connectivity index (χ0) is 12.4. The van der Waals surface area contributed by atoms with Gasteiger partial charge in [-0.25, -0.2) is 9.48 Å². The second kappa shape index (κ2) is 4.53. The van der Waals surface area contributed by atoms with Gasteiger partial charge in [0.25, 0.3) is 5.24 Å². The van der Waals surface area contributed by atoms with Crippen LogP contribution in [0.15, 0.2) is 6.20 Å². The molecule has 0 spiro atoms. The third-order valence-electron chi connectivity index (χ3n) is 2.15. The van der Waals surface area contributed by atoms with E-state index in [0.29, 0.717) is 0 Å². The van der Waals surface area contributed by atoms with Gasteiger partial charge in [0, 0.05) is 6.54 Å². The molecule has 8 nitrogen and oxygen atoms in total. The summed E-state index contributed by atoms with van der Waals surface area (Å²) >= 11 is 0.957. The van der Waals surface area contributed by atoms with Gasteiger partial charge in [0.15, 0.2) is 5.69 Å². The van der Waals surface area contributed by atoms with Gasteiger partial charge in [-0.2, -0.15) is 0 Å². The fraction of sp³-hybridized carbons (Fsp3) is 0.375. The Kier molecular flexibility index (Phi) is 3.09. The average molecular weight is 256 g/mol. The molecule has 0 aromatic carbocycles. The predicted molar refractivity (Wildman–Crippen MR) is 56.5 cm³/mol. The molecular formula is C8H8N4O4S. The van der Waals surface area contributed by atoms with Crippen LogP contribution in [0.5, 0.6) is 0 Å². The number of amides is 2. The molecule has 1 aliphatic rings. The molecule has 0 aliphatic carbocycles. The number of hydrogen-bond acceptors (Lipinski definition) is 6. The minimum absolute atomic E-state index is 0.163. The molecule has 0 unspecified atom stereocenters. The number of aromatic nitrogens is 3. The predicted octanol–water partition coefficient (Wildman–Crippen LogP) is -0.328. The Hall–Kier alpha value is -1.90. The third kappa shape index (κ3) is 2.44. The molecular weight excluding hydrogens is 248 g/mol. The van der Waals surface area contributed by atoms with Crippen molar-refractivity contribution in [2.75, 3.05) is 12.3 Å². The zero-order valence-corrected chi connectivity index (χ0v) is 9.38. The first-order chi connectivity index (χ1) is 8.08. The summed E-state index contributed by atoms with van der Waals surface area (Å²) in [5.41, 5.74) is -0.168. The van der Waals surface area contributed by atoms with Gasteiger partial charge in [0.05, 0.1) is 18.5 Å². The van der Waals surface area contributed by atoms with Crippen LogP contribution in [0.25, 0.3) is 0 Å². The molecule has 1 aromatic rings. The highest BCUT2D eigenvalue weighted by Gasteiger charge is 2.29. The quantitative estimate of drug-likeness (QED) is 0.786. The lowest BCUT2D eigenvalue weighted by Crippen LogP contribution is -2.32. The molecule has 0 bridgehead atoms. The number of carbonyl (C=O) groups excluding carboxylic acids is 2. The number of thioether (sulfide) groups is 1. The lowest BCUT2D eigenvalue weighted by atomic mass is 10.5. The lowest BCUT2D eigenvalue weighted by molar-refractivity contribution is -0.124. The Morgan fingerprint density at radius 2 is 2.24 bits per heavy atom. The highest BCUT2D eigenvalue weighted by atomic mass is 32.2. The summed E-state index contributed by atoms with van der Waals surface area (Å²) in [4.78, 5) is 34.2. The minimum atomic E-state index is -1.17. The summed E-state index contributed by atoms with van der Waals surface area (Å²) in [5.74, 6) is -1.24. The summed E-state index contributed by atoms with van der Waals surface area (Å²) in [5, 5.41) is 15.3. The number of carbonyl (C=O) groups is 3. The number of rotatable bonds is 4. The van der Waals surface area contributed by atoms with E-state index in [-0.39, 0.29) is 35.7 Å². The molecule has 1 saturated heterocycles. The molecule has 1 fully saturated rings. The first-order valence-electron chi connectivity index (χ1n) is 4.68. The minimum Gasteiger partial charge on any atom is -0.476 e. The molecule has 2 amide bonds. The van der Waals surface area contributed by atoms with Crippen molar-refractivity contribution in [3.63, 3.8) is 0 Å². The van der Waals surface area contributed by atoms with Crippen molar-refractivity contribution in [3.8, 4) is 0 Å². The SMILES string of the molecule is O=C(O)c1cn(CCN2C(=O)CSC2=O)nn1. The van der Waals surface area contributed by atoms with Crippen LogP contribution in [0.3, 0.4) is 0 Å². The van der Waals surface area contributed by atoms with Gasteiger partial charge in [0.2, 0.25) is 5.91 Å². The first kappa shape index (κ1) is 11.6.